The van der Waals surface area contributed by atoms with Crippen LogP contribution in [0.5, 0.6) is 0 Å². The molecule has 1 aliphatic rings. The van der Waals surface area contributed by atoms with Crippen LogP contribution in [-0.2, 0) is 0 Å². The number of aryl methyl sites for hydroxylation is 1. The minimum atomic E-state index is -0.223. The van der Waals surface area contributed by atoms with E-state index < -0.39 is 0 Å². The number of imide groups is 1. The third-order valence-corrected chi connectivity index (χ3v) is 3.33. The van der Waals surface area contributed by atoms with Gasteiger partial charge in [-0.05, 0) is 30.0 Å². The number of hydrogen-bond donors (Lipinski definition) is 0. The number of nitrogens with zero attached hydrogens (tertiary/aromatic N) is 1. The highest BCUT2D eigenvalue weighted by atomic mass is 16.2. The molecule has 0 N–H and O–H groups in total. The second kappa shape index (κ2) is 3.17. The predicted molar refractivity (Wildman–Crippen MR) is 65.1 cm³/mol. The van der Waals surface area contributed by atoms with E-state index in [1.165, 1.54) is 11.9 Å². The number of carbonyl (C=O) groups is 2. The molecule has 1 heterocycles. The van der Waals surface area contributed by atoms with Gasteiger partial charge in [-0.25, -0.2) is 0 Å². The van der Waals surface area contributed by atoms with Crippen LogP contribution in [0.1, 0.15) is 26.3 Å². The van der Waals surface area contributed by atoms with Crippen LogP contribution in [0.2, 0.25) is 0 Å². The first-order valence-corrected chi connectivity index (χ1v) is 5.46. The van der Waals surface area contributed by atoms with Crippen molar-refractivity contribution in [1.29, 1.82) is 0 Å². The first kappa shape index (κ1) is 10.0. The van der Waals surface area contributed by atoms with Crippen molar-refractivity contribution in [2.24, 2.45) is 0 Å². The highest BCUT2D eigenvalue weighted by Crippen LogP contribution is 2.31. The average molecular weight is 225 g/mol. The molecule has 0 atom stereocenters. The van der Waals surface area contributed by atoms with Crippen LogP contribution in [0.4, 0.5) is 0 Å². The fourth-order valence-electron chi connectivity index (χ4n) is 2.36. The average Bonchev–Trinajstić information content (AvgIpc) is 2.35. The summed E-state index contributed by atoms with van der Waals surface area (Å²) in [6, 6.07) is 9.30. The summed E-state index contributed by atoms with van der Waals surface area (Å²) in [5, 5.41) is 1.77. The summed E-state index contributed by atoms with van der Waals surface area (Å²) in [6.07, 6.45) is 0. The molecule has 0 saturated carbocycles. The quantitative estimate of drug-likeness (QED) is 0.645. The van der Waals surface area contributed by atoms with Crippen molar-refractivity contribution in [1.82, 2.24) is 4.90 Å². The van der Waals surface area contributed by atoms with Crippen molar-refractivity contribution in [2.75, 3.05) is 7.05 Å². The molecule has 0 fully saturated rings. The molecule has 2 aromatic rings. The molecule has 84 valence electrons. The third kappa shape index (κ3) is 1.16. The Morgan fingerprint density at radius 1 is 0.941 bits per heavy atom. The first-order chi connectivity index (χ1) is 8.11. The van der Waals surface area contributed by atoms with Gasteiger partial charge >= 0.3 is 0 Å². The number of rotatable bonds is 0. The minimum Gasteiger partial charge on any atom is -0.277 e. The van der Waals surface area contributed by atoms with Gasteiger partial charge in [-0.1, -0.05) is 18.2 Å². The van der Waals surface area contributed by atoms with Gasteiger partial charge in [-0.2, -0.15) is 0 Å². The van der Waals surface area contributed by atoms with E-state index >= 15 is 0 Å². The van der Waals surface area contributed by atoms with E-state index in [0.29, 0.717) is 11.1 Å². The van der Waals surface area contributed by atoms with Gasteiger partial charge in [0.05, 0.1) is 0 Å². The van der Waals surface area contributed by atoms with Gasteiger partial charge in [-0.15, -0.1) is 0 Å². The van der Waals surface area contributed by atoms with E-state index in [-0.39, 0.29) is 11.8 Å². The van der Waals surface area contributed by atoms with E-state index in [2.05, 4.69) is 0 Å². The maximum Gasteiger partial charge on any atom is 0.261 e. The van der Waals surface area contributed by atoms with Crippen molar-refractivity contribution in [2.45, 2.75) is 6.92 Å². The second-order valence-corrected chi connectivity index (χ2v) is 4.33. The zero-order valence-electron chi connectivity index (χ0n) is 9.65. The molecule has 2 aromatic carbocycles. The Hall–Kier alpha value is -2.16. The van der Waals surface area contributed by atoms with E-state index in [9.17, 15) is 9.59 Å². The van der Waals surface area contributed by atoms with Crippen LogP contribution >= 0.6 is 0 Å². The molecule has 2 amide bonds. The minimum absolute atomic E-state index is 0.223. The van der Waals surface area contributed by atoms with Crippen LogP contribution in [0, 0.1) is 6.92 Å². The van der Waals surface area contributed by atoms with Gasteiger partial charge in [0.25, 0.3) is 11.8 Å². The Bertz CT molecular complexity index is 651. The second-order valence-electron chi connectivity index (χ2n) is 4.33. The van der Waals surface area contributed by atoms with Crippen LogP contribution < -0.4 is 0 Å². The third-order valence-electron chi connectivity index (χ3n) is 3.33. The zero-order chi connectivity index (χ0) is 12.2. The van der Waals surface area contributed by atoms with E-state index in [0.717, 1.165) is 16.3 Å². The van der Waals surface area contributed by atoms with Gasteiger partial charge in [0.1, 0.15) is 0 Å². The lowest BCUT2D eigenvalue weighted by atomic mass is 9.92. The van der Waals surface area contributed by atoms with E-state index in [4.69, 9.17) is 0 Å². The zero-order valence-corrected chi connectivity index (χ0v) is 9.65. The lowest BCUT2D eigenvalue weighted by Crippen LogP contribution is -2.36. The summed E-state index contributed by atoms with van der Waals surface area (Å²) < 4.78 is 0. The van der Waals surface area contributed by atoms with Gasteiger partial charge < -0.3 is 0 Å². The summed E-state index contributed by atoms with van der Waals surface area (Å²) in [4.78, 5) is 25.2. The maximum absolute atomic E-state index is 12.0. The smallest absolute Gasteiger partial charge is 0.261 e. The maximum atomic E-state index is 12.0. The van der Waals surface area contributed by atoms with Crippen molar-refractivity contribution in [3.8, 4) is 0 Å². The van der Waals surface area contributed by atoms with Crippen LogP contribution in [0.3, 0.4) is 0 Å². The topological polar surface area (TPSA) is 37.4 Å². The molecule has 0 saturated heterocycles. The first-order valence-electron chi connectivity index (χ1n) is 5.46. The van der Waals surface area contributed by atoms with Gasteiger partial charge in [0, 0.05) is 23.6 Å². The van der Waals surface area contributed by atoms with Crippen molar-refractivity contribution in [3.05, 3.63) is 47.0 Å². The monoisotopic (exact) mass is 225 g/mol. The molecule has 3 nitrogen and oxygen atoms in total. The molecular formula is C14H11NO2. The normalized spacial score (nSPS) is 14.6. The van der Waals surface area contributed by atoms with E-state index in [1.54, 1.807) is 12.1 Å². The molecule has 0 aliphatic carbocycles. The molecule has 3 rings (SSSR count). The molecule has 0 aromatic heterocycles. The lowest BCUT2D eigenvalue weighted by Gasteiger charge is -2.24. The highest BCUT2D eigenvalue weighted by molar-refractivity contribution is 6.25. The van der Waals surface area contributed by atoms with Gasteiger partial charge in [0.2, 0.25) is 0 Å². The Morgan fingerprint density at radius 3 is 2.29 bits per heavy atom. The molecule has 0 radical (unpaired) electrons. The molecule has 0 spiro atoms. The Balaban J connectivity index is 2.54. The van der Waals surface area contributed by atoms with Crippen molar-refractivity contribution < 1.29 is 9.59 Å². The van der Waals surface area contributed by atoms with Crippen molar-refractivity contribution in [3.63, 3.8) is 0 Å². The summed E-state index contributed by atoms with van der Waals surface area (Å²) in [7, 11) is 1.52. The fourth-order valence-corrected chi connectivity index (χ4v) is 2.36. The van der Waals surface area contributed by atoms with Gasteiger partial charge in [-0.3, -0.25) is 14.5 Å². The highest BCUT2D eigenvalue weighted by Gasteiger charge is 2.29. The summed E-state index contributed by atoms with van der Waals surface area (Å²) >= 11 is 0. The Labute approximate surface area is 98.6 Å². The number of benzene rings is 2. The van der Waals surface area contributed by atoms with E-state index in [1.807, 2.05) is 25.1 Å². The predicted octanol–water partition coefficient (Wildman–Crippen LogP) is 2.37. The Morgan fingerprint density at radius 2 is 1.59 bits per heavy atom. The fraction of sp³-hybridized carbons (Fsp3) is 0.143. The molecule has 3 heteroatoms. The lowest BCUT2D eigenvalue weighted by molar-refractivity contribution is 0.0651. The molecule has 0 bridgehead atoms. The molecular weight excluding hydrogens is 214 g/mol. The standard InChI is InChI=1S/C14H11NO2/c1-8-6-7-11-12-9(8)4-3-5-10(12)13(16)15(2)14(11)17/h3-7H,1-2H3. The van der Waals surface area contributed by atoms with Crippen LogP contribution in [0.25, 0.3) is 10.8 Å². The Kier molecular flexibility index (Phi) is 1.87. The molecule has 0 unspecified atom stereocenters. The number of hydrogen-bond acceptors (Lipinski definition) is 2. The number of carbonyl (C=O) groups excluding carboxylic acids is 2. The summed E-state index contributed by atoms with van der Waals surface area (Å²) in [5.74, 6) is -0.447. The van der Waals surface area contributed by atoms with Crippen LogP contribution in [-0.4, -0.2) is 23.8 Å². The molecule has 1 aliphatic heterocycles. The summed E-state index contributed by atoms with van der Waals surface area (Å²) in [5.41, 5.74) is 2.31. The van der Waals surface area contributed by atoms with Gasteiger partial charge in [0.15, 0.2) is 0 Å². The summed E-state index contributed by atoms with van der Waals surface area (Å²) in [6.45, 7) is 1.98. The molecule has 17 heavy (non-hydrogen) atoms. The largest absolute Gasteiger partial charge is 0.277 e. The van der Waals surface area contributed by atoms with Crippen molar-refractivity contribution >= 4 is 22.6 Å². The van der Waals surface area contributed by atoms with Crippen LogP contribution in [0.15, 0.2) is 30.3 Å². The number of amides is 2. The SMILES string of the molecule is Cc1ccc2c3c(cccc13)C(=O)N(C)C2=O.